The molecule has 2 aliphatic rings. The second-order valence-corrected chi connectivity index (χ2v) is 7.39. The van der Waals surface area contributed by atoms with E-state index < -0.39 is 22.8 Å². The maximum atomic E-state index is 12.0. The summed E-state index contributed by atoms with van der Waals surface area (Å²) in [4.78, 5) is 23.8. The summed E-state index contributed by atoms with van der Waals surface area (Å²) in [6, 6.07) is 7.91. The van der Waals surface area contributed by atoms with Crippen molar-refractivity contribution in [2.45, 2.75) is 17.4 Å². The van der Waals surface area contributed by atoms with E-state index in [4.69, 9.17) is 5.73 Å². The molecule has 25 heavy (non-hydrogen) atoms. The first-order valence-corrected chi connectivity index (χ1v) is 9.52. The summed E-state index contributed by atoms with van der Waals surface area (Å²) in [6.45, 7) is 0. The SMILES string of the molecule is CSCC(C(N)(C=O)C(=O)O)C1(C2=CC=CC2)C=Cc2ccccc21. The van der Waals surface area contributed by atoms with Crippen molar-refractivity contribution in [1.82, 2.24) is 0 Å². The van der Waals surface area contributed by atoms with Gasteiger partial charge in [-0.2, -0.15) is 11.8 Å². The van der Waals surface area contributed by atoms with Gasteiger partial charge in [-0.15, -0.1) is 0 Å². The third kappa shape index (κ3) is 2.58. The normalized spacial score (nSPS) is 24.5. The first-order valence-electron chi connectivity index (χ1n) is 8.13. The Hall–Kier alpha value is -2.11. The van der Waals surface area contributed by atoms with Gasteiger partial charge in [-0.05, 0) is 23.8 Å². The zero-order chi connectivity index (χ0) is 18.1. The molecule has 1 aromatic rings. The Morgan fingerprint density at radius 2 is 2.24 bits per heavy atom. The molecule has 0 radical (unpaired) electrons. The fourth-order valence-corrected chi connectivity index (χ4v) is 4.86. The van der Waals surface area contributed by atoms with E-state index in [-0.39, 0.29) is 0 Å². The number of benzene rings is 1. The molecule has 4 nitrogen and oxygen atoms in total. The highest BCUT2D eigenvalue weighted by molar-refractivity contribution is 7.98. The number of thioether (sulfide) groups is 1. The van der Waals surface area contributed by atoms with Crippen LogP contribution < -0.4 is 5.73 Å². The lowest BCUT2D eigenvalue weighted by Gasteiger charge is -2.44. The zero-order valence-corrected chi connectivity index (χ0v) is 14.8. The first-order chi connectivity index (χ1) is 12.0. The Kier molecular flexibility index (Phi) is 4.71. The molecule has 3 atom stereocenters. The van der Waals surface area contributed by atoms with Gasteiger partial charge in [0.05, 0.1) is 0 Å². The van der Waals surface area contributed by atoms with Gasteiger partial charge in [0, 0.05) is 17.1 Å². The minimum absolute atomic E-state index is 0.398. The van der Waals surface area contributed by atoms with Gasteiger partial charge in [0.15, 0.2) is 11.8 Å². The molecule has 0 saturated carbocycles. The van der Waals surface area contributed by atoms with Gasteiger partial charge in [-0.1, -0.05) is 60.2 Å². The first kappa shape index (κ1) is 17.7. The highest BCUT2D eigenvalue weighted by Gasteiger charge is 2.56. The van der Waals surface area contributed by atoms with Crippen molar-refractivity contribution in [3.63, 3.8) is 0 Å². The number of aliphatic carboxylic acids is 1. The molecular weight excluding hydrogens is 334 g/mol. The third-order valence-electron chi connectivity index (χ3n) is 5.26. The molecule has 0 heterocycles. The van der Waals surface area contributed by atoms with Crippen molar-refractivity contribution in [3.8, 4) is 0 Å². The van der Waals surface area contributed by atoms with E-state index in [0.29, 0.717) is 12.0 Å². The van der Waals surface area contributed by atoms with Crippen LogP contribution in [-0.2, 0) is 15.0 Å². The summed E-state index contributed by atoms with van der Waals surface area (Å²) in [5.41, 5.74) is 6.67. The Morgan fingerprint density at radius 1 is 1.48 bits per heavy atom. The number of carbonyl (C=O) groups is 2. The quantitative estimate of drug-likeness (QED) is 0.581. The molecule has 0 aromatic heterocycles. The minimum Gasteiger partial charge on any atom is -0.480 e. The van der Waals surface area contributed by atoms with Crippen LogP contribution in [0.4, 0.5) is 0 Å². The van der Waals surface area contributed by atoms with E-state index in [1.807, 2.05) is 60.9 Å². The summed E-state index contributed by atoms with van der Waals surface area (Å²) in [7, 11) is 0. The third-order valence-corrected chi connectivity index (χ3v) is 5.93. The van der Waals surface area contributed by atoms with E-state index in [1.165, 1.54) is 11.8 Å². The van der Waals surface area contributed by atoms with E-state index in [1.54, 1.807) is 0 Å². The van der Waals surface area contributed by atoms with Crippen LogP contribution in [0.1, 0.15) is 17.5 Å². The van der Waals surface area contributed by atoms with Crippen LogP contribution >= 0.6 is 11.8 Å². The molecule has 3 rings (SSSR count). The number of carboxylic acid groups (broad SMARTS) is 1. The molecule has 0 fully saturated rings. The Balaban J connectivity index is 2.26. The van der Waals surface area contributed by atoms with E-state index in [2.05, 4.69) is 0 Å². The van der Waals surface area contributed by atoms with Crippen LogP contribution in [0.25, 0.3) is 6.08 Å². The summed E-state index contributed by atoms with van der Waals surface area (Å²) < 4.78 is 0. The second-order valence-electron chi connectivity index (χ2n) is 6.48. The number of allylic oxidation sites excluding steroid dienone is 5. The monoisotopic (exact) mass is 355 g/mol. The smallest absolute Gasteiger partial charge is 0.331 e. The fraction of sp³-hybridized carbons (Fsp3) is 0.300. The predicted molar refractivity (Wildman–Crippen MR) is 101 cm³/mol. The Labute approximate surface area is 151 Å². The number of fused-ring (bicyclic) bond motifs is 1. The van der Waals surface area contributed by atoms with Crippen LogP contribution in [0, 0.1) is 5.92 Å². The van der Waals surface area contributed by atoms with Crippen molar-refractivity contribution < 1.29 is 14.7 Å². The van der Waals surface area contributed by atoms with Gasteiger partial charge >= 0.3 is 5.97 Å². The van der Waals surface area contributed by atoms with Crippen LogP contribution in [0.15, 0.2) is 54.1 Å². The van der Waals surface area contributed by atoms with Gasteiger partial charge in [0.2, 0.25) is 0 Å². The molecule has 5 heteroatoms. The van der Waals surface area contributed by atoms with Gasteiger partial charge < -0.3 is 15.6 Å². The minimum atomic E-state index is -1.96. The average molecular weight is 355 g/mol. The molecule has 130 valence electrons. The molecule has 0 bridgehead atoms. The topological polar surface area (TPSA) is 80.4 Å². The number of aldehydes is 1. The number of nitrogens with two attached hydrogens (primary N) is 1. The van der Waals surface area contributed by atoms with Gasteiger partial charge in [0.25, 0.3) is 0 Å². The number of hydrogen-bond donors (Lipinski definition) is 2. The predicted octanol–water partition coefficient (Wildman–Crippen LogP) is 2.80. The molecule has 3 unspecified atom stereocenters. The van der Waals surface area contributed by atoms with Crippen LogP contribution in [0.2, 0.25) is 0 Å². The van der Waals surface area contributed by atoms with Crippen molar-refractivity contribution in [2.24, 2.45) is 11.7 Å². The van der Waals surface area contributed by atoms with Crippen LogP contribution in [0.3, 0.4) is 0 Å². The lowest BCUT2D eigenvalue weighted by molar-refractivity contribution is -0.148. The lowest BCUT2D eigenvalue weighted by atomic mass is 9.61. The lowest BCUT2D eigenvalue weighted by Crippen LogP contribution is -2.62. The second kappa shape index (κ2) is 6.65. The molecule has 0 aliphatic heterocycles. The van der Waals surface area contributed by atoms with Crippen molar-refractivity contribution in [3.05, 3.63) is 65.3 Å². The largest absolute Gasteiger partial charge is 0.480 e. The molecule has 0 amide bonds. The van der Waals surface area contributed by atoms with Crippen LogP contribution in [-0.4, -0.2) is 34.9 Å². The van der Waals surface area contributed by atoms with E-state index in [0.717, 1.165) is 23.1 Å². The summed E-state index contributed by atoms with van der Waals surface area (Å²) in [5, 5.41) is 9.77. The average Bonchev–Trinajstić information content (AvgIpc) is 3.27. The summed E-state index contributed by atoms with van der Waals surface area (Å²) >= 11 is 1.50. The molecule has 1 aromatic carbocycles. The molecule has 2 aliphatic carbocycles. The standard InChI is InChI=1S/C20H21NO3S/c1-25-12-17(20(21,13-22)18(23)24)19(15-7-3-4-8-15)11-10-14-6-2-5-9-16(14)19/h2-7,9-11,13,17H,8,12,21H2,1H3,(H,23,24). The Morgan fingerprint density at radius 3 is 2.84 bits per heavy atom. The van der Waals surface area contributed by atoms with Gasteiger partial charge in [-0.25, -0.2) is 4.79 Å². The molecule has 0 spiro atoms. The fourth-order valence-electron chi connectivity index (χ4n) is 3.99. The van der Waals surface area contributed by atoms with Gasteiger partial charge in [0.1, 0.15) is 0 Å². The maximum absolute atomic E-state index is 12.0. The van der Waals surface area contributed by atoms with Crippen molar-refractivity contribution in [1.29, 1.82) is 0 Å². The highest BCUT2D eigenvalue weighted by atomic mass is 32.2. The number of hydrogen-bond acceptors (Lipinski definition) is 4. The Bertz CT molecular complexity index is 798. The summed E-state index contributed by atoms with van der Waals surface area (Å²) in [6.07, 6.45) is 13.1. The number of rotatable bonds is 7. The maximum Gasteiger partial charge on any atom is 0.331 e. The van der Waals surface area contributed by atoms with Crippen molar-refractivity contribution in [2.75, 3.05) is 12.0 Å². The highest BCUT2D eigenvalue weighted by Crippen LogP contribution is 2.52. The van der Waals surface area contributed by atoms with E-state index >= 15 is 0 Å². The van der Waals surface area contributed by atoms with Crippen LogP contribution in [0.5, 0.6) is 0 Å². The molecule has 3 N–H and O–H groups in total. The zero-order valence-electron chi connectivity index (χ0n) is 14.0. The molecule has 0 saturated heterocycles. The van der Waals surface area contributed by atoms with Gasteiger partial charge in [-0.3, -0.25) is 0 Å². The number of carboxylic acids is 1. The number of carbonyl (C=O) groups excluding carboxylic acids is 1. The van der Waals surface area contributed by atoms with Crippen molar-refractivity contribution >= 4 is 30.1 Å². The summed E-state index contributed by atoms with van der Waals surface area (Å²) in [5.74, 6) is -1.43. The van der Waals surface area contributed by atoms with E-state index in [9.17, 15) is 14.7 Å². The molecular formula is C20H21NO3S.